The van der Waals surface area contributed by atoms with Crippen LogP contribution in [-0.4, -0.2) is 24.7 Å². The molecule has 0 aromatic carbocycles. The quantitative estimate of drug-likeness (QED) is 0.711. The first-order valence-corrected chi connectivity index (χ1v) is 5.19. The van der Waals surface area contributed by atoms with Crippen LogP contribution in [0, 0.1) is 5.92 Å². The molecule has 2 rings (SSSR count). The van der Waals surface area contributed by atoms with Crippen molar-refractivity contribution < 1.29 is 9.53 Å². The van der Waals surface area contributed by atoms with E-state index in [1.807, 2.05) is 0 Å². The number of ether oxygens (including phenoxy) is 1. The van der Waals surface area contributed by atoms with Gasteiger partial charge in [0.25, 0.3) is 0 Å². The molecule has 2 fully saturated rings. The van der Waals surface area contributed by atoms with Gasteiger partial charge in [0, 0.05) is 12.6 Å². The molecule has 0 aromatic rings. The average Bonchev–Trinajstić information content (AvgIpc) is 2.81. The summed E-state index contributed by atoms with van der Waals surface area (Å²) in [5.41, 5.74) is 0. The number of carbonyl (C=O) groups is 1. The zero-order chi connectivity index (χ0) is 9.26. The molecule has 0 radical (unpaired) electrons. The van der Waals surface area contributed by atoms with Gasteiger partial charge in [-0.3, -0.25) is 4.79 Å². The number of hydrogen-bond acceptors (Lipinski definition) is 2. The van der Waals surface area contributed by atoms with Crippen molar-refractivity contribution >= 4 is 5.91 Å². The van der Waals surface area contributed by atoms with Crippen LogP contribution in [0.3, 0.4) is 0 Å². The molecule has 1 aliphatic heterocycles. The Morgan fingerprint density at radius 1 is 1.46 bits per heavy atom. The Balaban J connectivity index is 1.76. The molecular formula is C10H17NO2. The van der Waals surface area contributed by atoms with Gasteiger partial charge < -0.3 is 10.1 Å². The molecule has 74 valence electrons. The van der Waals surface area contributed by atoms with Crippen LogP contribution in [0.15, 0.2) is 0 Å². The summed E-state index contributed by atoms with van der Waals surface area (Å²) < 4.78 is 5.30. The van der Waals surface area contributed by atoms with Crippen molar-refractivity contribution in [3.8, 4) is 0 Å². The molecule has 1 amide bonds. The van der Waals surface area contributed by atoms with Crippen molar-refractivity contribution in [3.63, 3.8) is 0 Å². The number of hydrogen-bond donors (Lipinski definition) is 1. The zero-order valence-corrected chi connectivity index (χ0v) is 8.08. The molecule has 1 saturated carbocycles. The molecule has 1 N–H and O–H groups in total. The summed E-state index contributed by atoms with van der Waals surface area (Å²) in [6.07, 6.45) is 4.29. The van der Waals surface area contributed by atoms with Gasteiger partial charge in [-0.2, -0.15) is 0 Å². The first-order valence-electron chi connectivity index (χ1n) is 5.19. The molecule has 3 heteroatoms. The molecule has 2 aliphatic rings. The molecular weight excluding hydrogens is 166 g/mol. The fourth-order valence-electron chi connectivity index (χ4n) is 1.82. The van der Waals surface area contributed by atoms with Crippen LogP contribution < -0.4 is 5.32 Å². The summed E-state index contributed by atoms with van der Waals surface area (Å²) >= 11 is 0. The average molecular weight is 183 g/mol. The summed E-state index contributed by atoms with van der Waals surface area (Å²) in [7, 11) is 0. The molecule has 2 unspecified atom stereocenters. The van der Waals surface area contributed by atoms with Gasteiger partial charge in [0.05, 0.1) is 0 Å². The van der Waals surface area contributed by atoms with E-state index in [1.165, 1.54) is 12.8 Å². The molecule has 1 saturated heterocycles. The van der Waals surface area contributed by atoms with Crippen molar-refractivity contribution in [2.75, 3.05) is 6.61 Å². The van der Waals surface area contributed by atoms with Crippen LogP contribution >= 0.6 is 0 Å². The van der Waals surface area contributed by atoms with Crippen LogP contribution in [0.25, 0.3) is 0 Å². The van der Waals surface area contributed by atoms with E-state index in [4.69, 9.17) is 4.74 Å². The van der Waals surface area contributed by atoms with E-state index in [2.05, 4.69) is 12.2 Å². The van der Waals surface area contributed by atoms with Crippen LogP contribution in [0.1, 0.15) is 32.6 Å². The summed E-state index contributed by atoms with van der Waals surface area (Å²) in [5, 5.41) is 3.02. The summed E-state index contributed by atoms with van der Waals surface area (Å²) in [6, 6.07) is 0.344. The summed E-state index contributed by atoms with van der Waals surface area (Å²) in [5.74, 6) is 0.822. The van der Waals surface area contributed by atoms with E-state index in [9.17, 15) is 4.79 Å². The lowest BCUT2D eigenvalue weighted by Gasteiger charge is -2.15. The van der Waals surface area contributed by atoms with Crippen LogP contribution in [0.2, 0.25) is 0 Å². The lowest BCUT2D eigenvalue weighted by molar-refractivity contribution is -0.130. The standard InChI is InChI=1S/C10H17NO2/c1-7(8-4-5-8)11-10(12)9-3-2-6-13-9/h7-9H,2-6H2,1H3,(H,11,12). The fourth-order valence-corrected chi connectivity index (χ4v) is 1.82. The minimum atomic E-state index is -0.166. The molecule has 1 aliphatic carbocycles. The molecule has 0 bridgehead atoms. The van der Waals surface area contributed by atoms with E-state index < -0.39 is 0 Å². The van der Waals surface area contributed by atoms with Crippen LogP contribution in [0.5, 0.6) is 0 Å². The lowest BCUT2D eigenvalue weighted by atomic mass is 10.2. The van der Waals surface area contributed by atoms with Crippen molar-refractivity contribution in [3.05, 3.63) is 0 Å². The third-order valence-electron chi connectivity index (χ3n) is 2.92. The Bertz CT molecular complexity index is 195. The zero-order valence-electron chi connectivity index (χ0n) is 8.08. The number of carbonyl (C=O) groups excluding carboxylic acids is 1. The maximum absolute atomic E-state index is 11.6. The Kier molecular flexibility index (Phi) is 2.54. The predicted octanol–water partition coefficient (Wildman–Crippen LogP) is 1.08. The van der Waals surface area contributed by atoms with Crippen molar-refractivity contribution in [2.24, 2.45) is 5.92 Å². The van der Waals surface area contributed by atoms with Gasteiger partial charge >= 0.3 is 0 Å². The number of amides is 1. The van der Waals surface area contributed by atoms with Gasteiger partial charge in [0.15, 0.2) is 0 Å². The second-order valence-electron chi connectivity index (χ2n) is 4.14. The highest BCUT2D eigenvalue weighted by Gasteiger charge is 2.31. The largest absolute Gasteiger partial charge is 0.368 e. The minimum absolute atomic E-state index is 0.0944. The van der Waals surface area contributed by atoms with E-state index >= 15 is 0 Å². The van der Waals surface area contributed by atoms with Crippen molar-refractivity contribution in [2.45, 2.75) is 44.8 Å². The number of nitrogens with one attached hydrogen (secondary N) is 1. The van der Waals surface area contributed by atoms with Gasteiger partial charge in [-0.1, -0.05) is 0 Å². The monoisotopic (exact) mass is 183 g/mol. The van der Waals surface area contributed by atoms with E-state index in [1.54, 1.807) is 0 Å². The maximum Gasteiger partial charge on any atom is 0.249 e. The Morgan fingerprint density at radius 3 is 2.77 bits per heavy atom. The van der Waals surface area contributed by atoms with Crippen LogP contribution in [-0.2, 0) is 9.53 Å². The second kappa shape index (κ2) is 3.66. The first-order chi connectivity index (χ1) is 6.27. The van der Waals surface area contributed by atoms with E-state index in [0.717, 1.165) is 25.4 Å². The highest BCUT2D eigenvalue weighted by Crippen LogP contribution is 2.32. The highest BCUT2D eigenvalue weighted by atomic mass is 16.5. The Labute approximate surface area is 78.8 Å². The molecule has 0 aromatic heterocycles. The third kappa shape index (κ3) is 2.21. The smallest absolute Gasteiger partial charge is 0.249 e. The SMILES string of the molecule is CC(NC(=O)C1CCCO1)C1CC1. The molecule has 0 spiro atoms. The van der Waals surface area contributed by atoms with Crippen molar-refractivity contribution in [1.82, 2.24) is 5.32 Å². The van der Waals surface area contributed by atoms with Crippen molar-refractivity contribution in [1.29, 1.82) is 0 Å². The molecule has 3 nitrogen and oxygen atoms in total. The van der Waals surface area contributed by atoms with Gasteiger partial charge in [-0.15, -0.1) is 0 Å². The van der Waals surface area contributed by atoms with Gasteiger partial charge in [0.1, 0.15) is 6.10 Å². The van der Waals surface area contributed by atoms with Crippen LogP contribution in [0.4, 0.5) is 0 Å². The topological polar surface area (TPSA) is 38.3 Å². The first kappa shape index (κ1) is 9.00. The highest BCUT2D eigenvalue weighted by molar-refractivity contribution is 5.81. The Hall–Kier alpha value is -0.570. The fraction of sp³-hybridized carbons (Fsp3) is 0.900. The normalized spacial score (nSPS) is 30.1. The molecule has 13 heavy (non-hydrogen) atoms. The van der Waals surface area contributed by atoms with Gasteiger partial charge in [0.2, 0.25) is 5.91 Å². The molecule has 1 heterocycles. The predicted molar refractivity (Wildman–Crippen MR) is 49.3 cm³/mol. The van der Waals surface area contributed by atoms with E-state index in [-0.39, 0.29) is 12.0 Å². The van der Waals surface area contributed by atoms with E-state index in [0.29, 0.717) is 6.04 Å². The number of rotatable bonds is 3. The minimum Gasteiger partial charge on any atom is -0.368 e. The summed E-state index contributed by atoms with van der Waals surface area (Å²) in [4.78, 5) is 11.6. The van der Waals surface area contributed by atoms with Gasteiger partial charge in [-0.05, 0) is 38.5 Å². The molecule has 2 atom stereocenters. The Morgan fingerprint density at radius 2 is 2.23 bits per heavy atom. The second-order valence-corrected chi connectivity index (χ2v) is 4.14. The summed E-state index contributed by atoms with van der Waals surface area (Å²) in [6.45, 7) is 2.83. The third-order valence-corrected chi connectivity index (χ3v) is 2.92. The van der Waals surface area contributed by atoms with Gasteiger partial charge in [-0.25, -0.2) is 0 Å². The maximum atomic E-state index is 11.6. The lowest BCUT2D eigenvalue weighted by Crippen LogP contribution is -2.40.